The Hall–Kier alpha value is -3.65. The van der Waals surface area contributed by atoms with Gasteiger partial charge in [-0.2, -0.15) is 10.2 Å². The first kappa shape index (κ1) is 21.6. The molecule has 0 saturated carbocycles. The average molecular weight is 455 g/mol. The second kappa shape index (κ2) is 9.23. The molecule has 0 aromatic carbocycles. The monoisotopic (exact) mass is 455 g/mol. The molecule has 1 saturated heterocycles. The van der Waals surface area contributed by atoms with Crippen LogP contribution in [0.4, 0.5) is 11.0 Å². The van der Waals surface area contributed by atoms with E-state index in [9.17, 15) is 14.9 Å². The molecule has 1 N–H and O–H groups in total. The number of carbonyl (C=O) groups is 2. The van der Waals surface area contributed by atoms with Gasteiger partial charge in [0.15, 0.2) is 16.6 Å². The molecule has 166 valence electrons. The zero-order valence-electron chi connectivity index (χ0n) is 17.6. The maximum Gasteiger partial charge on any atom is 0.358 e. The molecule has 3 aromatic heterocycles. The molecular weight excluding hydrogens is 434 g/mol. The molecule has 0 aliphatic carbocycles. The summed E-state index contributed by atoms with van der Waals surface area (Å²) in [5.74, 6) is 0.209. The number of furan rings is 1. The molecule has 4 rings (SSSR count). The molecule has 1 fully saturated rings. The van der Waals surface area contributed by atoms with E-state index in [0.29, 0.717) is 47.6 Å². The number of hydrogen-bond acceptors (Lipinski definition) is 10. The highest BCUT2D eigenvalue weighted by atomic mass is 32.1. The van der Waals surface area contributed by atoms with Gasteiger partial charge in [-0.25, -0.2) is 9.78 Å². The molecule has 1 amide bonds. The van der Waals surface area contributed by atoms with Crippen LogP contribution in [0.15, 0.2) is 27.2 Å². The summed E-state index contributed by atoms with van der Waals surface area (Å²) in [6.45, 7) is 4.82. The van der Waals surface area contributed by atoms with Gasteiger partial charge in [0.1, 0.15) is 6.07 Å². The number of nitrogens with zero attached hydrogens (tertiary/aromatic N) is 4. The van der Waals surface area contributed by atoms with Crippen LogP contribution in [0.2, 0.25) is 0 Å². The number of anilines is 2. The largest absolute Gasteiger partial charge is 0.461 e. The van der Waals surface area contributed by atoms with Crippen molar-refractivity contribution in [3.8, 4) is 17.7 Å². The number of ether oxygens (including phenoxy) is 1. The van der Waals surface area contributed by atoms with E-state index in [2.05, 4.69) is 21.4 Å². The number of aromatic nitrogens is 2. The van der Waals surface area contributed by atoms with E-state index in [4.69, 9.17) is 13.6 Å². The normalized spacial score (nSPS) is 14.2. The number of nitrogens with one attached hydrogen (secondary N) is 1. The summed E-state index contributed by atoms with van der Waals surface area (Å²) in [5, 5.41) is 12.6. The van der Waals surface area contributed by atoms with E-state index in [1.807, 2.05) is 4.90 Å². The number of esters is 1. The van der Waals surface area contributed by atoms with Crippen LogP contribution in [0.3, 0.4) is 0 Å². The Morgan fingerprint density at radius 3 is 2.81 bits per heavy atom. The minimum Gasteiger partial charge on any atom is -0.461 e. The third-order valence-electron chi connectivity index (χ3n) is 5.10. The Morgan fingerprint density at radius 2 is 2.16 bits per heavy atom. The summed E-state index contributed by atoms with van der Waals surface area (Å²) in [4.78, 5) is 35.7. The van der Waals surface area contributed by atoms with E-state index >= 15 is 0 Å². The predicted molar refractivity (Wildman–Crippen MR) is 115 cm³/mol. The van der Waals surface area contributed by atoms with Crippen LogP contribution in [0, 0.1) is 24.2 Å². The van der Waals surface area contributed by atoms with E-state index in [1.165, 1.54) is 17.6 Å². The van der Waals surface area contributed by atoms with Gasteiger partial charge in [-0.05, 0) is 38.8 Å². The minimum absolute atomic E-state index is 0.150. The van der Waals surface area contributed by atoms with E-state index in [-0.39, 0.29) is 35.7 Å². The van der Waals surface area contributed by atoms with Gasteiger partial charge in [-0.15, -0.1) is 11.3 Å². The van der Waals surface area contributed by atoms with Gasteiger partial charge < -0.3 is 23.8 Å². The summed E-state index contributed by atoms with van der Waals surface area (Å²) in [7, 11) is 0. The van der Waals surface area contributed by atoms with Gasteiger partial charge in [0.25, 0.3) is 5.89 Å². The first-order valence-electron chi connectivity index (χ1n) is 10.1. The number of rotatable bonds is 6. The third-order valence-corrected chi connectivity index (χ3v) is 5.98. The molecule has 0 spiro atoms. The molecule has 32 heavy (non-hydrogen) atoms. The number of carbonyl (C=O) groups excluding carboxylic acids is 2. The van der Waals surface area contributed by atoms with Crippen LogP contribution >= 0.6 is 11.3 Å². The standard InChI is InChI=1S/C21H21N5O5S/c1-3-29-20(28)16-12(2)32-21(24-16)25-17(27)13-6-8-26(9-7-13)19-14(11-22)23-18(31-19)15-5-4-10-30-15/h4-5,10,13H,3,6-9H2,1-2H3,(H,24,25,27). The van der Waals surface area contributed by atoms with Crippen LogP contribution in [0.5, 0.6) is 0 Å². The zero-order chi connectivity index (χ0) is 22.7. The first-order chi connectivity index (χ1) is 15.5. The SMILES string of the molecule is CCOC(=O)c1nc(NC(=O)C2CCN(c3oc(-c4ccco4)nc3C#N)CC2)sc1C. The number of amides is 1. The molecule has 1 aliphatic heterocycles. The number of nitriles is 1. The van der Waals surface area contributed by atoms with Gasteiger partial charge in [-0.3, -0.25) is 4.79 Å². The molecule has 4 heterocycles. The molecule has 11 heteroatoms. The van der Waals surface area contributed by atoms with Crippen molar-refractivity contribution in [2.45, 2.75) is 26.7 Å². The van der Waals surface area contributed by atoms with Crippen LogP contribution in [0.1, 0.15) is 40.8 Å². The Balaban J connectivity index is 1.38. The first-order valence-corrected chi connectivity index (χ1v) is 11.0. The minimum atomic E-state index is -0.496. The van der Waals surface area contributed by atoms with Crippen molar-refractivity contribution in [1.29, 1.82) is 5.26 Å². The number of hydrogen-bond donors (Lipinski definition) is 1. The summed E-state index contributed by atoms with van der Waals surface area (Å²) >= 11 is 1.24. The van der Waals surface area contributed by atoms with Gasteiger partial charge in [0.2, 0.25) is 17.5 Å². The fraction of sp³-hybridized carbons (Fsp3) is 0.381. The van der Waals surface area contributed by atoms with Crippen molar-refractivity contribution in [2.24, 2.45) is 5.92 Å². The highest BCUT2D eigenvalue weighted by Gasteiger charge is 2.30. The average Bonchev–Trinajstić information content (AvgIpc) is 3.53. The zero-order valence-corrected chi connectivity index (χ0v) is 18.4. The van der Waals surface area contributed by atoms with E-state index in [0.717, 1.165) is 0 Å². The molecule has 0 atom stereocenters. The molecule has 10 nitrogen and oxygen atoms in total. The second-order valence-electron chi connectivity index (χ2n) is 7.16. The number of piperidine rings is 1. The lowest BCUT2D eigenvalue weighted by Crippen LogP contribution is -2.38. The van der Waals surface area contributed by atoms with Crippen molar-refractivity contribution in [3.63, 3.8) is 0 Å². The van der Waals surface area contributed by atoms with Gasteiger partial charge in [0.05, 0.1) is 12.9 Å². The second-order valence-corrected chi connectivity index (χ2v) is 8.36. The maximum atomic E-state index is 12.7. The van der Waals surface area contributed by atoms with Crippen molar-refractivity contribution < 1.29 is 23.2 Å². The Bertz CT molecular complexity index is 1150. The van der Waals surface area contributed by atoms with Crippen molar-refractivity contribution in [2.75, 3.05) is 29.9 Å². The Kier molecular flexibility index (Phi) is 6.23. The topological polar surface area (TPSA) is 134 Å². The molecular formula is C21H21N5O5S. The highest BCUT2D eigenvalue weighted by Crippen LogP contribution is 2.32. The lowest BCUT2D eigenvalue weighted by molar-refractivity contribution is -0.120. The summed E-state index contributed by atoms with van der Waals surface area (Å²) < 4.78 is 16.1. The number of oxazole rings is 1. The quantitative estimate of drug-likeness (QED) is 0.553. The molecule has 3 aromatic rings. The van der Waals surface area contributed by atoms with E-state index in [1.54, 1.807) is 26.0 Å². The van der Waals surface area contributed by atoms with Crippen molar-refractivity contribution in [1.82, 2.24) is 9.97 Å². The van der Waals surface area contributed by atoms with Crippen LogP contribution < -0.4 is 10.2 Å². The Morgan fingerprint density at radius 1 is 1.38 bits per heavy atom. The number of thiazole rings is 1. The van der Waals surface area contributed by atoms with Crippen molar-refractivity contribution >= 4 is 34.2 Å². The fourth-order valence-electron chi connectivity index (χ4n) is 3.50. The smallest absolute Gasteiger partial charge is 0.358 e. The molecule has 0 radical (unpaired) electrons. The summed E-state index contributed by atoms with van der Waals surface area (Å²) in [5.41, 5.74) is 0.410. The van der Waals surface area contributed by atoms with Crippen LogP contribution in [0.25, 0.3) is 11.7 Å². The van der Waals surface area contributed by atoms with E-state index < -0.39 is 5.97 Å². The summed E-state index contributed by atoms with van der Waals surface area (Å²) in [6, 6.07) is 5.48. The van der Waals surface area contributed by atoms with Crippen LogP contribution in [-0.4, -0.2) is 41.5 Å². The van der Waals surface area contributed by atoms with Crippen LogP contribution in [-0.2, 0) is 9.53 Å². The Labute approximate surface area is 187 Å². The van der Waals surface area contributed by atoms with Gasteiger partial charge >= 0.3 is 5.97 Å². The van der Waals surface area contributed by atoms with Gasteiger partial charge in [0, 0.05) is 23.9 Å². The fourth-order valence-corrected chi connectivity index (χ4v) is 4.30. The lowest BCUT2D eigenvalue weighted by atomic mass is 9.96. The van der Waals surface area contributed by atoms with Crippen molar-refractivity contribution in [3.05, 3.63) is 34.7 Å². The highest BCUT2D eigenvalue weighted by molar-refractivity contribution is 7.16. The van der Waals surface area contributed by atoms with Gasteiger partial charge in [-0.1, -0.05) is 0 Å². The lowest BCUT2D eigenvalue weighted by Gasteiger charge is -2.30. The summed E-state index contributed by atoms with van der Waals surface area (Å²) in [6.07, 6.45) is 2.65. The molecule has 0 unspecified atom stereocenters. The third kappa shape index (κ3) is 4.36. The number of aryl methyl sites for hydroxylation is 1. The molecule has 0 bridgehead atoms. The maximum absolute atomic E-state index is 12.7. The predicted octanol–water partition coefficient (Wildman–Crippen LogP) is 3.60. The molecule has 1 aliphatic rings.